The van der Waals surface area contributed by atoms with Crippen LogP contribution in [0.15, 0.2) is 18.2 Å². The minimum Gasteiger partial charge on any atom is -0.507 e. The molecule has 1 rings (SSSR count). The maximum atomic E-state index is 10.6. The van der Waals surface area contributed by atoms with Crippen LogP contribution in [0.4, 0.5) is 0 Å². The summed E-state index contributed by atoms with van der Waals surface area (Å²) in [5.41, 5.74) is -0.222. The zero-order valence-electron chi connectivity index (χ0n) is 7.30. The lowest BCUT2D eigenvalue weighted by Gasteiger charge is -2.05. The molecule has 0 saturated heterocycles. The monoisotopic (exact) mass is 198 g/mol. The molecule has 0 atom stereocenters. The molecule has 0 fully saturated rings. The van der Waals surface area contributed by atoms with Gasteiger partial charge < -0.3 is 20.1 Å². The first-order chi connectivity index (χ1) is 6.65. The van der Waals surface area contributed by atoms with Gasteiger partial charge in [-0.3, -0.25) is 0 Å². The number of benzene rings is 1. The van der Waals surface area contributed by atoms with Crippen LogP contribution in [-0.4, -0.2) is 34.5 Å². The van der Waals surface area contributed by atoms with Gasteiger partial charge in [0.1, 0.15) is 23.7 Å². The van der Waals surface area contributed by atoms with Gasteiger partial charge in [-0.1, -0.05) is 0 Å². The average molecular weight is 198 g/mol. The van der Waals surface area contributed by atoms with Gasteiger partial charge in [-0.15, -0.1) is 0 Å². The molecule has 0 aromatic heterocycles. The van der Waals surface area contributed by atoms with Crippen molar-refractivity contribution in [2.24, 2.45) is 0 Å². The molecule has 0 aliphatic rings. The molecule has 3 N–H and O–H groups in total. The van der Waals surface area contributed by atoms with E-state index in [1.165, 1.54) is 18.2 Å². The first-order valence-electron chi connectivity index (χ1n) is 3.95. The number of aromatic hydroxyl groups is 1. The highest BCUT2D eigenvalue weighted by molar-refractivity contribution is 5.91. The van der Waals surface area contributed by atoms with Crippen molar-refractivity contribution in [1.82, 2.24) is 0 Å². The predicted molar refractivity (Wildman–Crippen MR) is 47.6 cm³/mol. The molecule has 76 valence electrons. The molecule has 1 aromatic rings. The molecule has 0 aliphatic heterocycles. The lowest BCUT2D eigenvalue weighted by molar-refractivity contribution is 0.0693. The van der Waals surface area contributed by atoms with Gasteiger partial charge in [-0.2, -0.15) is 0 Å². The van der Waals surface area contributed by atoms with Crippen LogP contribution >= 0.6 is 0 Å². The quantitative estimate of drug-likeness (QED) is 0.654. The van der Waals surface area contributed by atoms with Crippen molar-refractivity contribution in [2.75, 3.05) is 13.2 Å². The van der Waals surface area contributed by atoms with E-state index in [1.807, 2.05) is 0 Å². The van der Waals surface area contributed by atoms with Gasteiger partial charge in [0.15, 0.2) is 0 Å². The number of aliphatic hydroxyl groups is 1. The van der Waals surface area contributed by atoms with Crippen molar-refractivity contribution < 1.29 is 24.9 Å². The summed E-state index contributed by atoms with van der Waals surface area (Å²) in [6.07, 6.45) is 0. The number of aliphatic hydroxyl groups excluding tert-OH is 1. The van der Waals surface area contributed by atoms with Gasteiger partial charge in [0.2, 0.25) is 0 Å². The Kier molecular flexibility index (Phi) is 3.30. The van der Waals surface area contributed by atoms with Crippen LogP contribution in [0.1, 0.15) is 10.4 Å². The van der Waals surface area contributed by atoms with Gasteiger partial charge in [-0.05, 0) is 18.2 Å². The molecule has 0 aliphatic carbocycles. The minimum absolute atomic E-state index is 0.0871. The molecule has 5 nitrogen and oxygen atoms in total. The Hall–Kier alpha value is -1.75. The molecule has 0 amide bonds. The van der Waals surface area contributed by atoms with Crippen LogP contribution in [0.25, 0.3) is 0 Å². The van der Waals surface area contributed by atoms with E-state index in [4.69, 9.17) is 20.1 Å². The van der Waals surface area contributed by atoms with E-state index in [9.17, 15) is 4.79 Å². The number of carboxylic acid groups (broad SMARTS) is 1. The van der Waals surface area contributed by atoms with E-state index < -0.39 is 5.97 Å². The molecule has 0 heterocycles. The molecule has 0 radical (unpaired) electrons. The standard InChI is InChI=1S/C9H10O5/c10-3-4-14-6-1-2-8(11)7(5-6)9(12)13/h1-2,5,10-11H,3-4H2,(H,12,13). The second kappa shape index (κ2) is 4.48. The van der Waals surface area contributed by atoms with E-state index in [1.54, 1.807) is 0 Å². The second-order valence-corrected chi connectivity index (χ2v) is 2.56. The van der Waals surface area contributed by atoms with E-state index in [-0.39, 0.29) is 24.5 Å². The summed E-state index contributed by atoms with van der Waals surface area (Å²) in [5, 5.41) is 26.3. The fourth-order valence-corrected chi connectivity index (χ4v) is 0.940. The molecule has 5 heteroatoms. The summed E-state index contributed by atoms with van der Waals surface area (Å²) in [4.78, 5) is 10.6. The molecular weight excluding hydrogens is 188 g/mol. The average Bonchev–Trinajstić information content (AvgIpc) is 2.16. The minimum atomic E-state index is -1.23. The summed E-state index contributed by atoms with van der Waals surface area (Å²) in [6, 6.07) is 3.86. The largest absolute Gasteiger partial charge is 0.507 e. The third kappa shape index (κ3) is 2.37. The summed E-state index contributed by atoms with van der Waals surface area (Å²) in [5.74, 6) is -1.24. The molecule has 14 heavy (non-hydrogen) atoms. The van der Waals surface area contributed by atoms with E-state index >= 15 is 0 Å². The fourth-order valence-electron chi connectivity index (χ4n) is 0.940. The number of hydrogen-bond donors (Lipinski definition) is 3. The predicted octanol–water partition coefficient (Wildman–Crippen LogP) is 0.462. The fraction of sp³-hybridized carbons (Fsp3) is 0.222. The van der Waals surface area contributed by atoms with Crippen molar-refractivity contribution in [3.05, 3.63) is 23.8 Å². The summed E-state index contributed by atoms with van der Waals surface area (Å²) < 4.78 is 4.98. The van der Waals surface area contributed by atoms with Crippen LogP contribution in [0.2, 0.25) is 0 Å². The van der Waals surface area contributed by atoms with Gasteiger partial charge in [0.05, 0.1) is 6.61 Å². The highest BCUT2D eigenvalue weighted by atomic mass is 16.5. The number of carbonyl (C=O) groups is 1. The van der Waals surface area contributed by atoms with Gasteiger partial charge in [0.25, 0.3) is 0 Å². The van der Waals surface area contributed by atoms with Crippen LogP contribution in [0.3, 0.4) is 0 Å². The van der Waals surface area contributed by atoms with Crippen LogP contribution in [-0.2, 0) is 0 Å². The van der Waals surface area contributed by atoms with Gasteiger partial charge >= 0.3 is 5.97 Å². The van der Waals surface area contributed by atoms with Gasteiger partial charge in [0, 0.05) is 0 Å². The Morgan fingerprint density at radius 3 is 2.71 bits per heavy atom. The molecule has 0 bridgehead atoms. The Morgan fingerprint density at radius 1 is 1.43 bits per heavy atom. The maximum Gasteiger partial charge on any atom is 0.339 e. The zero-order valence-corrected chi connectivity index (χ0v) is 7.30. The third-order valence-corrected chi connectivity index (χ3v) is 1.56. The lowest BCUT2D eigenvalue weighted by atomic mass is 10.2. The van der Waals surface area contributed by atoms with Crippen molar-refractivity contribution in [1.29, 1.82) is 0 Å². The topological polar surface area (TPSA) is 87.0 Å². The highest BCUT2D eigenvalue weighted by Gasteiger charge is 2.10. The van der Waals surface area contributed by atoms with Crippen LogP contribution in [0, 0.1) is 0 Å². The normalized spacial score (nSPS) is 9.79. The number of phenols is 1. The molecule has 0 unspecified atom stereocenters. The first kappa shape index (κ1) is 10.3. The van der Waals surface area contributed by atoms with Crippen molar-refractivity contribution in [3.8, 4) is 11.5 Å². The second-order valence-electron chi connectivity index (χ2n) is 2.56. The SMILES string of the molecule is O=C(O)c1cc(OCCO)ccc1O. The maximum absolute atomic E-state index is 10.6. The lowest BCUT2D eigenvalue weighted by Crippen LogP contribution is -2.03. The number of carboxylic acids is 1. The Morgan fingerprint density at radius 2 is 2.14 bits per heavy atom. The van der Waals surface area contributed by atoms with E-state index in [0.29, 0.717) is 5.75 Å². The first-order valence-corrected chi connectivity index (χ1v) is 3.95. The summed E-state index contributed by atoms with van der Waals surface area (Å²) in [7, 11) is 0. The molecule has 1 aromatic carbocycles. The van der Waals surface area contributed by atoms with Crippen LogP contribution in [0.5, 0.6) is 11.5 Å². The molecule has 0 spiro atoms. The number of rotatable bonds is 4. The number of hydrogen-bond acceptors (Lipinski definition) is 4. The smallest absolute Gasteiger partial charge is 0.339 e. The number of aromatic carboxylic acids is 1. The Bertz CT molecular complexity index is 334. The zero-order chi connectivity index (χ0) is 10.6. The summed E-state index contributed by atoms with van der Waals surface area (Å²) in [6.45, 7) is -0.0624. The van der Waals surface area contributed by atoms with E-state index in [2.05, 4.69) is 0 Å². The van der Waals surface area contributed by atoms with Crippen molar-refractivity contribution >= 4 is 5.97 Å². The number of ether oxygens (including phenoxy) is 1. The Balaban J connectivity index is 2.89. The van der Waals surface area contributed by atoms with Crippen LogP contribution < -0.4 is 4.74 Å². The van der Waals surface area contributed by atoms with Gasteiger partial charge in [-0.25, -0.2) is 4.79 Å². The Labute approximate surface area is 80.2 Å². The molecular formula is C9H10O5. The van der Waals surface area contributed by atoms with E-state index in [0.717, 1.165) is 0 Å². The van der Waals surface area contributed by atoms with Crippen molar-refractivity contribution in [3.63, 3.8) is 0 Å². The highest BCUT2D eigenvalue weighted by Crippen LogP contribution is 2.22. The molecule has 0 saturated carbocycles. The van der Waals surface area contributed by atoms with Crippen molar-refractivity contribution in [2.45, 2.75) is 0 Å². The summed E-state index contributed by atoms with van der Waals surface area (Å²) >= 11 is 0. The third-order valence-electron chi connectivity index (χ3n) is 1.56.